The van der Waals surface area contributed by atoms with Crippen LogP contribution in [0.1, 0.15) is 39.5 Å². The van der Waals surface area contributed by atoms with Crippen LogP contribution in [0.25, 0.3) is 0 Å². The lowest BCUT2D eigenvalue weighted by Crippen LogP contribution is -2.36. The number of allylic oxidation sites excluding steroid dienone is 4. The molecule has 2 aliphatic carbocycles. The molecular weight excluding hydrogens is 184 g/mol. The molecule has 0 saturated heterocycles. The van der Waals surface area contributed by atoms with Crippen molar-refractivity contribution in [3.63, 3.8) is 0 Å². The Balaban J connectivity index is 2.29. The van der Waals surface area contributed by atoms with Crippen molar-refractivity contribution < 1.29 is 4.79 Å². The molecule has 15 heavy (non-hydrogen) atoms. The van der Waals surface area contributed by atoms with E-state index < -0.39 is 0 Å². The molecule has 0 radical (unpaired) electrons. The van der Waals surface area contributed by atoms with Crippen molar-refractivity contribution in [1.82, 2.24) is 0 Å². The zero-order chi connectivity index (χ0) is 10.9. The van der Waals surface area contributed by atoms with Crippen molar-refractivity contribution in [2.24, 2.45) is 17.3 Å². The largest absolute Gasteiger partial charge is 0.303 e. The summed E-state index contributed by atoms with van der Waals surface area (Å²) in [5.74, 6) is 1.39. The third kappa shape index (κ3) is 1.80. The molecule has 0 aromatic heterocycles. The molecule has 0 aromatic carbocycles. The van der Waals surface area contributed by atoms with Crippen LogP contribution in [-0.2, 0) is 4.79 Å². The molecule has 0 aliphatic heterocycles. The fourth-order valence-corrected chi connectivity index (χ4v) is 3.05. The number of carbonyl (C=O) groups excluding carboxylic acids is 1. The fourth-order valence-electron chi connectivity index (χ4n) is 3.05. The summed E-state index contributed by atoms with van der Waals surface area (Å²) in [6.45, 7) is 4.69. The first kappa shape index (κ1) is 10.7. The molecule has 0 amide bonds. The van der Waals surface area contributed by atoms with Gasteiger partial charge in [0.05, 0.1) is 0 Å². The molecule has 2 rings (SSSR count). The quantitative estimate of drug-likeness (QED) is 0.497. The Labute approximate surface area is 92.3 Å². The van der Waals surface area contributed by atoms with Crippen LogP contribution in [0.3, 0.4) is 0 Å². The van der Waals surface area contributed by atoms with Crippen LogP contribution in [0.4, 0.5) is 0 Å². The van der Waals surface area contributed by atoms with Gasteiger partial charge in [0.15, 0.2) is 0 Å². The Kier molecular flexibility index (Phi) is 2.81. The first-order chi connectivity index (χ1) is 7.16. The van der Waals surface area contributed by atoms with E-state index in [1.54, 1.807) is 0 Å². The predicted octanol–water partition coefficient (Wildman–Crippen LogP) is 3.51. The molecule has 0 bridgehead atoms. The smallest absolute Gasteiger partial charge is 0.124 e. The van der Waals surface area contributed by atoms with Gasteiger partial charge >= 0.3 is 0 Å². The van der Waals surface area contributed by atoms with Gasteiger partial charge in [-0.3, -0.25) is 0 Å². The molecule has 0 unspecified atom stereocenters. The highest BCUT2D eigenvalue weighted by molar-refractivity contribution is 5.54. The van der Waals surface area contributed by atoms with Gasteiger partial charge in [0.1, 0.15) is 6.29 Å². The summed E-state index contributed by atoms with van der Waals surface area (Å²) in [4.78, 5) is 10.6. The summed E-state index contributed by atoms with van der Waals surface area (Å²) in [5.41, 5.74) is 1.65. The number of hydrogen-bond acceptors (Lipinski definition) is 1. The van der Waals surface area contributed by atoms with Gasteiger partial charge in [-0.1, -0.05) is 37.6 Å². The maximum atomic E-state index is 10.6. The van der Waals surface area contributed by atoms with Crippen molar-refractivity contribution in [3.8, 4) is 0 Å². The van der Waals surface area contributed by atoms with Crippen molar-refractivity contribution >= 4 is 6.29 Å². The van der Waals surface area contributed by atoms with E-state index in [0.29, 0.717) is 23.7 Å². The Morgan fingerprint density at radius 3 is 3.13 bits per heavy atom. The summed E-state index contributed by atoms with van der Waals surface area (Å²) >= 11 is 0. The van der Waals surface area contributed by atoms with Gasteiger partial charge in [0, 0.05) is 6.42 Å². The first-order valence-electron chi connectivity index (χ1n) is 5.97. The van der Waals surface area contributed by atoms with Gasteiger partial charge in [-0.05, 0) is 36.5 Å². The molecule has 1 nitrogen and oxygen atoms in total. The van der Waals surface area contributed by atoms with Crippen LogP contribution in [-0.4, -0.2) is 6.29 Å². The van der Waals surface area contributed by atoms with Crippen molar-refractivity contribution in [1.29, 1.82) is 0 Å². The van der Waals surface area contributed by atoms with E-state index in [0.717, 1.165) is 12.7 Å². The van der Waals surface area contributed by atoms with E-state index in [2.05, 4.69) is 32.1 Å². The molecule has 82 valence electrons. The number of carbonyl (C=O) groups is 1. The lowest BCUT2D eigenvalue weighted by Gasteiger charge is -2.45. The lowest BCUT2D eigenvalue weighted by molar-refractivity contribution is -0.107. The molecule has 0 saturated carbocycles. The molecular formula is C14H20O. The van der Waals surface area contributed by atoms with E-state index in [1.807, 2.05) is 0 Å². The molecule has 1 heteroatoms. The van der Waals surface area contributed by atoms with E-state index >= 15 is 0 Å². The van der Waals surface area contributed by atoms with Gasteiger partial charge in [0.2, 0.25) is 0 Å². The van der Waals surface area contributed by atoms with Gasteiger partial charge in [-0.25, -0.2) is 0 Å². The maximum Gasteiger partial charge on any atom is 0.124 e. The monoisotopic (exact) mass is 204 g/mol. The minimum absolute atomic E-state index is 0.297. The van der Waals surface area contributed by atoms with Crippen molar-refractivity contribution in [2.45, 2.75) is 39.5 Å². The molecule has 0 aromatic rings. The zero-order valence-corrected chi connectivity index (χ0v) is 9.70. The van der Waals surface area contributed by atoms with E-state index in [1.165, 1.54) is 18.4 Å². The topological polar surface area (TPSA) is 17.1 Å². The van der Waals surface area contributed by atoms with Crippen LogP contribution in [0, 0.1) is 17.3 Å². The van der Waals surface area contributed by atoms with Gasteiger partial charge in [0.25, 0.3) is 0 Å². The minimum atomic E-state index is 0.297. The van der Waals surface area contributed by atoms with Crippen LogP contribution < -0.4 is 0 Å². The Hall–Kier alpha value is -0.850. The Bertz CT molecular complexity index is 313. The van der Waals surface area contributed by atoms with Gasteiger partial charge in [-0.15, -0.1) is 0 Å². The average molecular weight is 204 g/mol. The highest BCUT2D eigenvalue weighted by atomic mass is 16.1. The van der Waals surface area contributed by atoms with E-state index in [4.69, 9.17) is 0 Å². The number of fused-ring (bicyclic) bond motifs is 1. The van der Waals surface area contributed by atoms with Crippen molar-refractivity contribution in [3.05, 3.63) is 23.8 Å². The Morgan fingerprint density at radius 1 is 1.60 bits per heavy atom. The molecule has 0 spiro atoms. The van der Waals surface area contributed by atoms with Crippen LogP contribution in [0.5, 0.6) is 0 Å². The number of aldehydes is 1. The average Bonchev–Trinajstić information content (AvgIpc) is 2.20. The predicted molar refractivity (Wildman–Crippen MR) is 62.5 cm³/mol. The molecule has 0 fully saturated rings. The third-order valence-electron chi connectivity index (χ3n) is 4.36. The summed E-state index contributed by atoms with van der Waals surface area (Å²) in [6, 6.07) is 0. The van der Waals surface area contributed by atoms with E-state index in [-0.39, 0.29) is 0 Å². The van der Waals surface area contributed by atoms with Crippen LogP contribution >= 0.6 is 0 Å². The first-order valence-corrected chi connectivity index (χ1v) is 5.97. The SMILES string of the molecule is C[C@@H]1CC=C[C@H]2CCC(CC=O)=C[C@]12C. The highest BCUT2D eigenvalue weighted by Crippen LogP contribution is 2.49. The standard InChI is InChI=1S/C14H20O/c1-11-4-3-5-13-7-6-12(8-9-15)10-14(11,13)2/h3,5,9-11,13H,4,6-8H2,1-2H3/t11-,13+,14-/m1/s1. The van der Waals surface area contributed by atoms with Crippen LogP contribution in [0.2, 0.25) is 0 Å². The number of rotatable bonds is 2. The van der Waals surface area contributed by atoms with Crippen LogP contribution in [0.15, 0.2) is 23.8 Å². The lowest BCUT2D eigenvalue weighted by atomic mass is 9.60. The second kappa shape index (κ2) is 3.96. The molecule has 2 aliphatic rings. The van der Waals surface area contributed by atoms with Gasteiger partial charge in [-0.2, -0.15) is 0 Å². The molecule has 0 N–H and O–H groups in total. The summed E-state index contributed by atoms with van der Waals surface area (Å²) < 4.78 is 0. The molecule has 0 heterocycles. The Morgan fingerprint density at radius 2 is 2.40 bits per heavy atom. The fraction of sp³-hybridized carbons (Fsp3) is 0.643. The molecule has 3 atom stereocenters. The summed E-state index contributed by atoms with van der Waals surface area (Å²) in [7, 11) is 0. The van der Waals surface area contributed by atoms with Gasteiger partial charge < -0.3 is 4.79 Å². The maximum absolute atomic E-state index is 10.6. The highest BCUT2D eigenvalue weighted by Gasteiger charge is 2.39. The van der Waals surface area contributed by atoms with Crippen molar-refractivity contribution in [2.75, 3.05) is 0 Å². The zero-order valence-electron chi connectivity index (χ0n) is 9.70. The summed E-state index contributed by atoms with van der Waals surface area (Å²) in [5, 5.41) is 0. The second-order valence-corrected chi connectivity index (χ2v) is 5.25. The second-order valence-electron chi connectivity index (χ2n) is 5.25. The summed E-state index contributed by atoms with van der Waals surface area (Å²) in [6.07, 6.45) is 12.3. The minimum Gasteiger partial charge on any atom is -0.303 e. The normalized spacial score (nSPS) is 39.5. The number of hydrogen-bond donors (Lipinski definition) is 0. The third-order valence-corrected chi connectivity index (χ3v) is 4.36. The van der Waals surface area contributed by atoms with E-state index in [9.17, 15) is 4.79 Å².